The van der Waals surface area contributed by atoms with E-state index in [1.807, 2.05) is 7.05 Å². The van der Waals surface area contributed by atoms with Gasteiger partial charge >= 0.3 is 0 Å². The third-order valence-electron chi connectivity index (χ3n) is 3.43. The van der Waals surface area contributed by atoms with Gasteiger partial charge in [0.1, 0.15) is 5.69 Å². The van der Waals surface area contributed by atoms with Crippen LogP contribution in [0.2, 0.25) is 0 Å². The number of alkyl halides is 2. The summed E-state index contributed by atoms with van der Waals surface area (Å²) >= 11 is 1.06. The molecule has 1 aromatic heterocycles. The van der Waals surface area contributed by atoms with Crippen molar-refractivity contribution in [2.24, 2.45) is 0 Å². The van der Waals surface area contributed by atoms with Gasteiger partial charge in [-0.15, -0.1) is 4.37 Å². The molecule has 0 spiro atoms. The first-order valence-corrected chi connectivity index (χ1v) is 7.96. The molecule has 1 aliphatic rings. The molecule has 21 heavy (non-hydrogen) atoms. The number of rotatable bonds is 7. The van der Waals surface area contributed by atoms with Crippen LogP contribution >= 0.6 is 11.7 Å². The van der Waals surface area contributed by atoms with Gasteiger partial charge in [0.2, 0.25) is 0 Å². The summed E-state index contributed by atoms with van der Waals surface area (Å²) in [6, 6.07) is 0. The van der Waals surface area contributed by atoms with Gasteiger partial charge in [-0.25, -0.2) is 8.78 Å². The van der Waals surface area contributed by atoms with Crippen LogP contribution in [0.4, 0.5) is 8.78 Å². The van der Waals surface area contributed by atoms with Crippen molar-refractivity contribution in [1.82, 2.24) is 13.6 Å². The molecule has 2 rings (SSSR count). The predicted molar refractivity (Wildman–Crippen MR) is 80.0 cm³/mol. The molecule has 1 aromatic rings. The number of aromatic nitrogens is 2. The quantitative estimate of drug-likeness (QED) is 0.772. The number of likely N-dealkylation sites (N-methyl/N-ethyl adjacent to an activating group) is 1. The standard InChI is InChI=1S/C14H21F2N3OS/c1-3-6-14(15,16)7-9-20-13-12(17-21-18-13)11-5-4-8-19(2)10-11/h5H,3-4,6-10H2,1-2H3. The van der Waals surface area contributed by atoms with E-state index < -0.39 is 5.92 Å². The average molecular weight is 317 g/mol. The lowest BCUT2D eigenvalue weighted by Gasteiger charge is -2.22. The lowest BCUT2D eigenvalue weighted by atomic mass is 10.1. The monoisotopic (exact) mass is 317 g/mol. The molecule has 0 aromatic carbocycles. The summed E-state index contributed by atoms with van der Waals surface area (Å²) in [5, 5.41) is 0. The minimum atomic E-state index is -2.66. The van der Waals surface area contributed by atoms with Gasteiger partial charge in [-0.2, -0.15) is 4.37 Å². The molecule has 0 saturated heterocycles. The van der Waals surface area contributed by atoms with Crippen molar-refractivity contribution in [3.8, 4) is 5.88 Å². The fourth-order valence-corrected chi connectivity index (χ4v) is 2.86. The Kier molecular flexibility index (Phi) is 5.64. The van der Waals surface area contributed by atoms with Gasteiger partial charge in [-0.3, -0.25) is 0 Å². The summed E-state index contributed by atoms with van der Waals surface area (Å²) in [4.78, 5) is 2.19. The molecule has 0 fully saturated rings. The van der Waals surface area contributed by atoms with Crippen molar-refractivity contribution in [2.45, 2.75) is 38.5 Å². The fourth-order valence-electron chi connectivity index (χ4n) is 2.32. The number of hydrogen-bond acceptors (Lipinski definition) is 5. The molecular weight excluding hydrogens is 296 g/mol. The highest BCUT2D eigenvalue weighted by Crippen LogP contribution is 2.28. The predicted octanol–water partition coefficient (Wildman–Crippen LogP) is 3.46. The summed E-state index contributed by atoms with van der Waals surface area (Å²) < 4.78 is 40.6. The maximum absolute atomic E-state index is 13.4. The van der Waals surface area contributed by atoms with Gasteiger partial charge in [0, 0.05) is 25.9 Å². The third-order valence-corrected chi connectivity index (χ3v) is 3.94. The van der Waals surface area contributed by atoms with E-state index in [-0.39, 0.29) is 19.4 Å². The molecule has 4 nitrogen and oxygen atoms in total. The van der Waals surface area contributed by atoms with Crippen LogP contribution in [0.1, 0.15) is 38.3 Å². The first-order valence-electron chi connectivity index (χ1n) is 7.23. The summed E-state index contributed by atoms with van der Waals surface area (Å²) in [5.41, 5.74) is 1.76. The van der Waals surface area contributed by atoms with Crippen LogP contribution < -0.4 is 4.74 Å². The second-order valence-corrected chi connectivity index (χ2v) is 5.91. The Balaban J connectivity index is 1.93. The molecule has 0 atom stereocenters. The van der Waals surface area contributed by atoms with E-state index in [4.69, 9.17) is 4.74 Å². The Morgan fingerprint density at radius 2 is 2.19 bits per heavy atom. The van der Waals surface area contributed by atoms with E-state index in [1.54, 1.807) is 6.92 Å². The minimum absolute atomic E-state index is 0.0332. The second-order valence-electron chi connectivity index (χ2n) is 5.38. The molecule has 2 heterocycles. The molecule has 0 amide bonds. The summed E-state index contributed by atoms with van der Waals surface area (Å²) in [6.45, 7) is 3.52. The van der Waals surface area contributed by atoms with Crippen LogP contribution in [0.3, 0.4) is 0 Å². The zero-order valence-electron chi connectivity index (χ0n) is 12.4. The van der Waals surface area contributed by atoms with E-state index in [9.17, 15) is 8.78 Å². The van der Waals surface area contributed by atoms with Crippen LogP contribution in [-0.4, -0.2) is 46.3 Å². The van der Waals surface area contributed by atoms with Crippen molar-refractivity contribution < 1.29 is 13.5 Å². The zero-order valence-corrected chi connectivity index (χ0v) is 13.3. The third kappa shape index (κ3) is 4.71. The van der Waals surface area contributed by atoms with E-state index in [0.29, 0.717) is 18.0 Å². The first kappa shape index (κ1) is 16.3. The summed E-state index contributed by atoms with van der Waals surface area (Å²) in [7, 11) is 2.04. The largest absolute Gasteiger partial charge is 0.475 e. The summed E-state index contributed by atoms with van der Waals surface area (Å²) in [5.74, 6) is -2.28. The van der Waals surface area contributed by atoms with Gasteiger partial charge in [0.25, 0.3) is 11.8 Å². The van der Waals surface area contributed by atoms with Gasteiger partial charge < -0.3 is 9.64 Å². The molecule has 0 saturated carbocycles. The molecule has 0 bridgehead atoms. The van der Waals surface area contributed by atoms with Gasteiger partial charge in [0.15, 0.2) is 0 Å². The Morgan fingerprint density at radius 1 is 1.38 bits per heavy atom. The van der Waals surface area contributed by atoms with Crippen LogP contribution in [0.5, 0.6) is 5.88 Å². The van der Waals surface area contributed by atoms with Gasteiger partial charge in [0.05, 0.1) is 18.3 Å². The molecule has 0 radical (unpaired) electrons. The van der Waals surface area contributed by atoms with Crippen LogP contribution in [0.15, 0.2) is 6.08 Å². The minimum Gasteiger partial charge on any atom is -0.475 e. The van der Waals surface area contributed by atoms with Gasteiger partial charge in [-0.05, 0) is 19.0 Å². The van der Waals surface area contributed by atoms with E-state index in [1.165, 1.54) is 0 Å². The van der Waals surface area contributed by atoms with Crippen LogP contribution in [0.25, 0.3) is 5.57 Å². The van der Waals surface area contributed by atoms with Crippen LogP contribution in [-0.2, 0) is 0 Å². The van der Waals surface area contributed by atoms with Gasteiger partial charge in [-0.1, -0.05) is 19.4 Å². The van der Waals surface area contributed by atoms with E-state index >= 15 is 0 Å². The molecular formula is C14H21F2N3OS. The SMILES string of the molecule is CCCC(F)(F)CCOc1nsnc1C1=CCCN(C)C1. The lowest BCUT2D eigenvalue weighted by molar-refractivity contribution is -0.0271. The first-order chi connectivity index (χ1) is 10.0. The topological polar surface area (TPSA) is 38.3 Å². The van der Waals surface area contributed by atoms with E-state index in [2.05, 4.69) is 19.7 Å². The summed E-state index contributed by atoms with van der Waals surface area (Å²) in [6.07, 6.45) is 3.16. The Labute approximate surface area is 128 Å². The molecule has 7 heteroatoms. The van der Waals surface area contributed by atoms with Crippen LogP contribution in [0, 0.1) is 0 Å². The molecule has 0 unspecified atom stereocenters. The van der Waals surface area contributed by atoms with Crippen molar-refractivity contribution >= 4 is 17.3 Å². The van der Waals surface area contributed by atoms with E-state index in [0.717, 1.165) is 36.8 Å². The number of nitrogens with zero attached hydrogens (tertiary/aromatic N) is 3. The Bertz CT molecular complexity index is 490. The highest BCUT2D eigenvalue weighted by molar-refractivity contribution is 6.99. The molecule has 0 N–H and O–H groups in total. The second kappa shape index (κ2) is 7.26. The van der Waals surface area contributed by atoms with Crippen molar-refractivity contribution in [2.75, 3.05) is 26.7 Å². The van der Waals surface area contributed by atoms with Crippen molar-refractivity contribution in [1.29, 1.82) is 0 Å². The molecule has 1 aliphatic heterocycles. The van der Waals surface area contributed by atoms with Crippen molar-refractivity contribution in [3.05, 3.63) is 11.8 Å². The maximum atomic E-state index is 13.4. The lowest BCUT2D eigenvalue weighted by Crippen LogP contribution is -2.25. The number of ether oxygens (including phenoxy) is 1. The number of hydrogen-bond donors (Lipinski definition) is 0. The maximum Gasteiger partial charge on any atom is 0.253 e. The fraction of sp³-hybridized carbons (Fsp3) is 0.714. The Hall–Kier alpha value is -1.08. The molecule has 0 aliphatic carbocycles. The Morgan fingerprint density at radius 3 is 2.90 bits per heavy atom. The number of halogens is 2. The molecule has 118 valence electrons. The normalized spacial score (nSPS) is 16.9. The zero-order chi connectivity index (χ0) is 15.3. The smallest absolute Gasteiger partial charge is 0.253 e. The highest BCUT2D eigenvalue weighted by atomic mass is 32.1. The highest BCUT2D eigenvalue weighted by Gasteiger charge is 2.28. The van der Waals surface area contributed by atoms with Crippen molar-refractivity contribution in [3.63, 3.8) is 0 Å². The average Bonchev–Trinajstić information content (AvgIpc) is 2.87.